The zero-order chi connectivity index (χ0) is 54.5. The molecule has 14 aliphatic rings. The molecule has 8 N–H and O–H groups in total. The number of rotatable bonds is 8. The zero-order valence-corrected chi connectivity index (χ0v) is 45.4. The minimum Gasteiger partial charge on any atom is -0.507 e. The van der Waals surface area contributed by atoms with Crippen LogP contribution in [0, 0.1) is 24.7 Å². The molecule has 16 nitrogen and oxygen atoms in total. The molecule has 9 aliphatic carbocycles. The third kappa shape index (κ3) is 6.84. The monoisotopic (exact) mass is 1080 g/mol. The van der Waals surface area contributed by atoms with Gasteiger partial charge in [-0.3, -0.25) is 38.7 Å². The van der Waals surface area contributed by atoms with E-state index in [0.29, 0.717) is 74.7 Å². The Morgan fingerprint density at radius 1 is 0.557 bits per heavy atom. The van der Waals surface area contributed by atoms with Gasteiger partial charge in [0.2, 0.25) is 0 Å². The minimum atomic E-state index is -1.06. The highest BCUT2D eigenvalue weighted by Crippen LogP contribution is 2.66. The first-order valence-electron chi connectivity index (χ1n) is 29.9. The second-order valence-corrected chi connectivity index (χ2v) is 27.1. The molecule has 17 rings (SSSR count). The number of hydrogen-bond acceptors (Lipinski definition) is 14. The van der Waals surface area contributed by atoms with E-state index in [-0.39, 0.29) is 53.2 Å². The summed E-state index contributed by atoms with van der Waals surface area (Å²) >= 11 is 0. The summed E-state index contributed by atoms with van der Waals surface area (Å²) in [6.07, 6.45) is 13.8. The second kappa shape index (κ2) is 17.2. The Hall–Kier alpha value is -5.23. The lowest BCUT2D eigenvalue weighted by molar-refractivity contribution is -0.188. The molecular weight excluding hydrogens is 1000 g/mol. The number of ketones is 3. The van der Waals surface area contributed by atoms with Crippen molar-refractivity contribution in [3.05, 3.63) is 86.5 Å². The summed E-state index contributed by atoms with van der Waals surface area (Å²) in [6.45, 7) is 7.83. The number of carbonyl (C=O) groups is 5. The Morgan fingerprint density at radius 2 is 0.987 bits per heavy atom. The first-order chi connectivity index (χ1) is 37.9. The number of nitrogens with zero attached hydrogens (tertiary/aromatic N) is 3. The van der Waals surface area contributed by atoms with Crippen LogP contribution < -0.4 is 20.9 Å². The summed E-state index contributed by atoms with van der Waals surface area (Å²) in [6, 6.07) is 11.5. The topological polar surface area (TPSA) is 246 Å². The molecule has 6 saturated carbocycles. The molecule has 9 fully saturated rings. The standard InChI is InChI=1S/C21H24N2O4.C21H26N2O4.C21H25NO3/c22-19(25)13-4-3-12-9-15-21(26)6-5-14(24)18-20(21,16(12)17(13)27-18)7-8-23(15)10-11-1-2-11;22-19(26)15-4-3-13-9-16-21(27)6-5-14(24)10-20(21,17(13)18(15)25)7-8-23(16)11-12-1-2-12;1-12-2-5-14-10-16-21(24)7-6-15(23)19-20(21,17(14)18(12)25-19)8-9-22(16)11-13-3-4-13/h3-4,11,15,18,26H,1-2,5-10H2,(H2,22,25);3-4,12,16,25,27H,1-2,5-11H2,(H2,22,26);2,5,13,16,19,24H,3-4,6-11H2,1H3/t15-,18+,20+,21-;;16-,19?,20+,21-/m1.1/s1. The molecule has 5 heterocycles. The van der Waals surface area contributed by atoms with Crippen LogP contribution in [-0.4, -0.2) is 151 Å². The van der Waals surface area contributed by atoms with E-state index in [4.69, 9.17) is 20.9 Å². The normalized spacial score (nSPS) is 38.6. The molecule has 3 saturated heterocycles. The highest BCUT2D eigenvalue weighted by molar-refractivity contribution is 5.99. The van der Waals surface area contributed by atoms with Crippen molar-refractivity contribution in [2.45, 2.75) is 192 Å². The number of fused-ring (bicyclic) bond motifs is 1. The van der Waals surface area contributed by atoms with E-state index < -0.39 is 57.1 Å². The molecule has 4 unspecified atom stereocenters. The maximum Gasteiger partial charge on any atom is 0.252 e. The van der Waals surface area contributed by atoms with Crippen molar-refractivity contribution in [1.82, 2.24) is 14.7 Å². The van der Waals surface area contributed by atoms with Crippen LogP contribution in [-0.2, 0) is 49.9 Å². The molecule has 5 aliphatic heterocycles. The largest absolute Gasteiger partial charge is 0.507 e. The van der Waals surface area contributed by atoms with Gasteiger partial charge in [-0.1, -0.05) is 24.3 Å². The third-order valence-electron chi connectivity index (χ3n) is 23.2. The van der Waals surface area contributed by atoms with Gasteiger partial charge in [-0.25, -0.2) is 0 Å². The maximum absolute atomic E-state index is 12.8. The molecule has 0 aromatic heterocycles. The van der Waals surface area contributed by atoms with Gasteiger partial charge in [0.15, 0.2) is 23.8 Å². The number of primary amides is 2. The number of aliphatic hydroxyl groups is 3. The summed E-state index contributed by atoms with van der Waals surface area (Å²) in [4.78, 5) is 69.3. The number of phenols is 1. The number of Topliss-reactive ketones (excluding diaryl/α,β-unsaturated/α-hetero) is 3. The molecule has 6 bridgehead atoms. The van der Waals surface area contributed by atoms with Gasteiger partial charge in [-0.05, 0) is 175 Å². The molecule has 0 radical (unpaired) electrons. The fourth-order valence-corrected chi connectivity index (χ4v) is 18.9. The number of piperidine rings is 3. The fraction of sp³-hybridized carbons (Fsp3) is 0.635. The molecule has 3 aromatic carbocycles. The summed E-state index contributed by atoms with van der Waals surface area (Å²) < 4.78 is 12.4. The van der Waals surface area contributed by atoms with E-state index in [1.54, 1.807) is 12.1 Å². The molecule has 3 aromatic rings. The van der Waals surface area contributed by atoms with Gasteiger partial charge in [0.1, 0.15) is 23.0 Å². The SMILES string of the molecule is Cc1ccc2c3c1OC1C(=O)CC[C@@]4(O)[C@@H](C2)N(CC2CC2)CC[C@]314.NC(=O)c1ccc2c(c1O)C13CCN(CC4CC4)C(C2)C1(O)CCC(=O)C3.NC(=O)c1ccc2c3c1O[C@H]1C(=O)CC[C@@]4(O)[C@@H](C2)N(CC2CC2)CC[C@]314. The molecular formula is C63H75N5O11. The van der Waals surface area contributed by atoms with Gasteiger partial charge in [0.25, 0.3) is 11.8 Å². The number of amides is 2. The van der Waals surface area contributed by atoms with Crippen molar-refractivity contribution in [2.24, 2.45) is 29.2 Å². The van der Waals surface area contributed by atoms with Crippen molar-refractivity contribution in [3.63, 3.8) is 0 Å². The van der Waals surface area contributed by atoms with Gasteiger partial charge < -0.3 is 41.4 Å². The Balaban J connectivity index is 0.000000103. The van der Waals surface area contributed by atoms with Crippen molar-refractivity contribution in [1.29, 1.82) is 0 Å². The minimum absolute atomic E-state index is 0.00364. The van der Waals surface area contributed by atoms with Crippen molar-refractivity contribution >= 4 is 29.2 Å². The molecule has 79 heavy (non-hydrogen) atoms. The van der Waals surface area contributed by atoms with E-state index in [1.165, 1.54) is 49.7 Å². The lowest BCUT2D eigenvalue weighted by Gasteiger charge is -2.63. The van der Waals surface area contributed by atoms with E-state index in [9.17, 15) is 44.4 Å². The van der Waals surface area contributed by atoms with Crippen LogP contribution in [0.15, 0.2) is 36.4 Å². The van der Waals surface area contributed by atoms with Gasteiger partial charge in [-0.2, -0.15) is 0 Å². The van der Waals surface area contributed by atoms with Gasteiger partial charge in [-0.15, -0.1) is 0 Å². The van der Waals surface area contributed by atoms with E-state index in [1.807, 2.05) is 12.1 Å². The van der Waals surface area contributed by atoms with Crippen molar-refractivity contribution in [2.75, 3.05) is 39.3 Å². The van der Waals surface area contributed by atoms with Gasteiger partial charge in [0, 0.05) is 85.5 Å². The van der Waals surface area contributed by atoms with Crippen LogP contribution in [0.4, 0.5) is 0 Å². The Bertz CT molecular complexity index is 3200. The van der Waals surface area contributed by atoms with E-state index >= 15 is 0 Å². The molecule has 11 atom stereocenters. The first kappa shape index (κ1) is 50.7. The fourth-order valence-electron chi connectivity index (χ4n) is 18.9. The quantitative estimate of drug-likeness (QED) is 0.184. The number of carbonyl (C=O) groups excluding carboxylic acids is 5. The third-order valence-corrected chi connectivity index (χ3v) is 23.2. The predicted octanol–water partition coefficient (Wildman–Crippen LogP) is 4.30. The average molecular weight is 1080 g/mol. The number of ether oxygens (including phenoxy) is 2. The highest BCUT2D eigenvalue weighted by atomic mass is 16.5. The summed E-state index contributed by atoms with van der Waals surface area (Å²) in [7, 11) is 0. The first-order valence-corrected chi connectivity index (χ1v) is 29.9. The van der Waals surface area contributed by atoms with Crippen LogP contribution in [0.1, 0.15) is 162 Å². The number of aryl methyl sites for hydroxylation is 1. The number of benzene rings is 3. The van der Waals surface area contributed by atoms with Crippen molar-refractivity contribution < 1.29 is 53.9 Å². The maximum atomic E-state index is 12.8. The summed E-state index contributed by atoms with van der Waals surface area (Å²) in [5.41, 5.74) is 13.6. The number of hydrogen-bond donors (Lipinski definition) is 6. The highest BCUT2D eigenvalue weighted by Gasteiger charge is 2.75. The Kier molecular flexibility index (Phi) is 11.0. The second-order valence-electron chi connectivity index (χ2n) is 27.1. The predicted molar refractivity (Wildman–Crippen MR) is 288 cm³/mol. The van der Waals surface area contributed by atoms with Crippen LogP contribution >= 0.6 is 0 Å². The summed E-state index contributed by atoms with van der Waals surface area (Å²) in [5.74, 6) is 2.59. The Morgan fingerprint density at radius 3 is 1.49 bits per heavy atom. The molecule has 2 amide bonds. The lowest BCUT2D eigenvalue weighted by atomic mass is 9.49. The van der Waals surface area contributed by atoms with E-state index in [2.05, 4.69) is 33.8 Å². The Labute approximate surface area is 460 Å². The number of aromatic hydroxyl groups is 1. The number of nitrogens with two attached hydrogens (primary N) is 2. The van der Waals surface area contributed by atoms with Crippen LogP contribution in [0.3, 0.4) is 0 Å². The lowest BCUT2D eigenvalue weighted by Crippen LogP contribution is -2.76. The summed E-state index contributed by atoms with van der Waals surface area (Å²) in [5, 5.41) is 47.0. The smallest absolute Gasteiger partial charge is 0.252 e. The van der Waals surface area contributed by atoms with Crippen LogP contribution in [0.2, 0.25) is 0 Å². The molecule has 2 spiro atoms. The van der Waals surface area contributed by atoms with Crippen LogP contribution in [0.25, 0.3) is 0 Å². The van der Waals surface area contributed by atoms with E-state index in [0.717, 1.165) is 104 Å². The molecule has 418 valence electrons. The van der Waals surface area contributed by atoms with Gasteiger partial charge >= 0.3 is 0 Å². The number of likely N-dealkylation sites (tertiary alicyclic amines) is 3. The zero-order valence-electron chi connectivity index (χ0n) is 45.4. The molecule has 16 heteroatoms. The van der Waals surface area contributed by atoms with Crippen molar-refractivity contribution in [3.8, 4) is 17.2 Å². The van der Waals surface area contributed by atoms with Crippen LogP contribution in [0.5, 0.6) is 17.2 Å². The average Bonchev–Trinajstić information content (AvgIpc) is 3.03. The van der Waals surface area contributed by atoms with Gasteiger partial charge in [0.05, 0.1) is 38.8 Å².